The molecule has 1 unspecified atom stereocenters. The monoisotopic (exact) mass is 293 g/mol. The van der Waals surface area contributed by atoms with Gasteiger partial charge < -0.3 is 10.1 Å². The second-order valence-corrected chi connectivity index (χ2v) is 5.30. The van der Waals surface area contributed by atoms with Crippen molar-refractivity contribution >= 4 is 11.6 Å². The maximum absolute atomic E-state index is 6.27. The van der Waals surface area contributed by atoms with Crippen molar-refractivity contribution in [2.45, 2.75) is 26.5 Å². The molecule has 0 saturated heterocycles. The molecule has 1 heterocycles. The van der Waals surface area contributed by atoms with E-state index in [1.54, 1.807) is 0 Å². The Kier molecular flexibility index (Phi) is 4.68. The van der Waals surface area contributed by atoms with E-state index in [1.165, 1.54) is 0 Å². The molecule has 0 spiro atoms. The quantitative estimate of drug-likeness (QED) is 0.920. The first-order valence-electron chi connectivity index (χ1n) is 6.60. The van der Waals surface area contributed by atoms with Crippen molar-refractivity contribution < 1.29 is 4.74 Å². The van der Waals surface area contributed by atoms with E-state index in [-0.39, 0.29) is 6.04 Å². The van der Waals surface area contributed by atoms with E-state index in [0.717, 1.165) is 17.0 Å². The van der Waals surface area contributed by atoms with Gasteiger partial charge in [-0.05, 0) is 44.7 Å². The Labute approximate surface area is 124 Å². The van der Waals surface area contributed by atoms with Crippen LogP contribution < -0.4 is 10.1 Å². The molecule has 0 amide bonds. The number of nitrogens with one attached hydrogen (secondary N) is 1. The van der Waals surface area contributed by atoms with Gasteiger partial charge in [0.25, 0.3) is 0 Å². The van der Waals surface area contributed by atoms with Crippen molar-refractivity contribution in [3.8, 4) is 5.75 Å². The Morgan fingerprint density at radius 2 is 2.15 bits per heavy atom. The van der Waals surface area contributed by atoms with Gasteiger partial charge in [-0.3, -0.25) is 4.68 Å². The Bertz CT molecular complexity index is 595. The van der Waals surface area contributed by atoms with Crippen LogP contribution in [0.3, 0.4) is 0 Å². The number of halogens is 1. The number of ether oxygens (including phenoxy) is 1. The predicted octanol–water partition coefficient (Wildman–Crippen LogP) is 3.24. The molecule has 2 aromatic rings. The molecule has 0 aliphatic rings. The maximum Gasteiger partial charge on any atom is 0.138 e. The number of nitrogens with zero attached hydrogens (tertiary/aromatic N) is 2. The van der Waals surface area contributed by atoms with Crippen LogP contribution in [0.4, 0.5) is 0 Å². The third kappa shape index (κ3) is 3.32. The van der Waals surface area contributed by atoms with Crippen LogP contribution in [0.2, 0.25) is 5.02 Å². The molecule has 0 aliphatic heterocycles. The van der Waals surface area contributed by atoms with Crippen LogP contribution in [0, 0.1) is 6.92 Å². The van der Waals surface area contributed by atoms with Crippen molar-refractivity contribution in [2.75, 3.05) is 7.05 Å². The summed E-state index contributed by atoms with van der Waals surface area (Å²) in [6, 6.07) is 8.14. The molecular weight excluding hydrogens is 274 g/mol. The van der Waals surface area contributed by atoms with Crippen LogP contribution in [0.5, 0.6) is 5.75 Å². The minimum Gasteiger partial charge on any atom is -0.486 e. The van der Waals surface area contributed by atoms with E-state index < -0.39 is 0 Å². The van der Waals surface area contributed by atoms with Gasteiger partial charge in [-0.1, -0.05) is 17.7 Å². The zero-order valence-electron chi connectivity index (χ0n) is 12.3. The molecule has 4 nitrogen and oxygen atoms in total. The highest BCUT2D eigenvalue weighted by molar-refractivity contribution is 6.32. The van der Waals surface area contributed by atoms with E-state index in [0.29, 0.717) is 17.4 Å². The number of benzene rings is 1. The van der Waals surface area contributed by atoms with Crippen LogP contribution in [0.1, 0.15) is 29.9 Å². The van der Waals surface area contributed by atoms with Crippen LogP contribution in [0.25, 0.3) is 0 Å². The summed E-state index contributed by atoms with van der Waals surface area (Å²) in [5, 5.41) is 8.10. The van der Waals surface area contributed by atoms with Crippen molar-refractivity contribution in [3.63, 3.8) is 0 Å². The largest absolute Gasteiger partial charge is 0.486 e. The van der Waals surface area contributed by atoms with Crippen molar-refractivity contribution in [1.82, 2.24) is 15.1 Å². The van der Waals surface area contributed by atoms with E-state index in [9.17, 15) is 0 Å². The second kappa shape index (κ2) is 6.29. The Hall–Kier alpha value is -1.52. The molecule has 108 valence electrons. The summed E-state index contributed by atoms with van der Waals surface area (Å²) in [6.07, 6.45) is 0. The minimum absolute atomic E-state index is 0.265. The first kappa shape index (κ1) is 14.9. The molecule has 1 atom stereocenters. The minimum atomic E-state index is 0.265. The zero-order chi connectivity index (χ0) is 14.7. The van der Waals surface area contributed by atoms with Crippen LogP contribution >= 0.6 is 11.6 Å². The lowest BCUT2D eigenvalue weighted by molar-refractivity contribution is 0.295. The summed E-state index contributed by atoms with van der Waals surface area (Å²) >= 11 is 6.27. The number of rotatable bonds is 5. The summed E-state index contributed by atoms with van der Waals surface area (Å²) in [4.78, 5) is 0. The van der Waals surface area contributed by atoms with Gasteiger partial charge in [0.15, 0.2) is 0 Å². The smallest absolute Gasteiger partial charge is 0.138 e. The molecule has 5 heteroatoms. The Morgan fingerprint density at radius 3 is 2.70 bits per heavy atom. The average Bonchev–Trinajstić information content (AvgIpc) is 2.74. The van der Waals surface area contributed by atoms with Crippen molar-refractivity contribution in [2.24, 2.45) is 7.05 Å². The van der Waals surface area contributed by atoms with E-state index in [2.05, 4.69) is 17.3 Å². The third-order valence-corrected chi connectivity index (χ3v) is 3.66. The van der Waals surface area contributed by atoms with Crippen LogP contribution in [-0.2, 0) is 13.7 Å². The standard InChI is InChI=1S/C15H20ClN3O/c1-10-7-13(19(4)18-10)9-20-15-6-5-12(8-14(15)16)11(2)17-3/h5-8,11,17H,9H2,1-4H3. The van der Waals surface area contributed by atoms with E-state index >= 15 is 0 Å². The predicted molar refractivity (Wildman–Crippen MR) is 81.2 cm³/mol. The van der Waals surface area contributed by atoms with Gasteiger partial charge in [-0.25, -0.2) is 0 Å². The highest BCUT2D eigenvalue weighted by atomic mass is 35.5. The summed E-state index contributed by atoms with van der Waals surface area (Å²) in [7, 11) is 3.83. The molecule has 0 saturated carbocycles. The van der Waals surface area contributed by atoms with Gasteiger partial charge >= 0.3 is 0 Å². The highest BCUT2D eigenvalue weighted by Crippen LogP contribution is 2.28. The molecule has 20 heavy (non-hydrogen) atoms. The fourth-order valence-electron chi connectivity index (χ4n) is 2.02. The fraction of sp³-hybridized carbons (Fsp3) is 0.400. The van der Waals surface area contributed by atoms with Crippen molar-refractivity contribution in [1.29, 1.82) is 0 Å². The average molecular weight is 294 g/mol. The molecule has 0 fully saturated rings. The molecule has 2 rings (SSSR count). The van der Waals surface area contributed by atoms with Gasteiger partial charge in [-0.15, -0.1) is 0 Å². The number of aromatic nitrogens is 2. The maximum atomic E-state index is 6.27. The Balaban J connectivity index is 2.08. The molecule has 0 bridgehead atoms. The van der Waals surface area contributed by atoms with Gasteiger partial charge in [0.2, 0.25) is 0 Å². The summed E-state index contributed by atoms with van der Waals surface area (Å²) in [5.74, 6) is 0.692. The van der Waals surface area contributed by atoms with Gasteiger partial charge in [-0.2, -0.15) is 5.10 Å². The Morgan fingerprint density at radius 1 is 1.40 bits per heavy atom. The fourth-order valence-corrected chi connectivity index (χ4v) is 2.26. The zero-order valence-corrected chi connectivity index (χ0v) is 13.0. The number of aryl methyl sites for hydroxylation is 2. The summed E-state index contributed by atoms with van der Waals surface area (Å²) in [6.45, 7) is 4.51. The lowest BCUT2D eigenvalue weighted by Crippen LogP contribution is -2.12. The van der Waals surface area contributed by atoms with Crippen molar-refractivity contribution in [3.05, 3.63) is 46.2 Å². The third-order valence-electron chi connectivity index (χ3n) is 3.36. The lowest BCUT2D eigenvalue weighted by Gasteiger charge is -2.13. The van der Waals surface area contributed by atoms with Crippen LogP contribution in [0.15, 0.2) is 24.3 Å². The van der Waals surface area contributed by atoms with Gasteiger partial charge in [0.1, 0.15) is 12.4 Å². The normalized spacial score (nSPS) is 12.4. The molecule has 0 aliphatic carbocycles. The summed E-state index contributed by atoms with van der Waals surface area (Å²) in [5.41, 5.74) is 3.14. The van der Waals surface area contributed by atoms with E-state index in [4.69, 9.17) is 16.3 Å². The molecule has 1 N–H and O–H groups in total. The summed E-state index contributed by atoms with van der Waals surface area (Å²) < 4.78 is 7.59. The lowest BCUT2D eigenvalue weighted by atomic mass is 10.1. The number of hydrogen-bond acceptors (Lipinski definition) is 3. The van der Waals surface area contributed by atoms with Crippen LogP contribution in [-0.4, -0.2) is 16.8 Å². The van der Waals surface area contributed by atoms with E-state index in [1.807, 2.05) is 50.0 Å². The second-order valence-electron chi connectivity index (χ2n) is 4.89. The van der Waals surface area contributed by atoms with Gasteiger partial charge in [0, 0.05) is 13.1 Å². The first-order chi connectivity index (χ1) is 9.51. The molecule has 0 radical (unpaired) electrons. The SMILES string of the molecule is CNC(C)c1ccc(OCc2cc(C)nn2C)c(Cl)c1. The molecule has 1 aromatic heterocycles. The van der Waals surface area contributed by atoms with Gasteiger partial charge in [0.05, 0.1) is 16.4 Å². The number of hydrogen-bond donors (Lipinski definition) is 1. The topological polar surface area (TPSA) is 39.1 Å². The molecular formula is C15H20ClN3O. The first-order valence-corrected chi connectivity index (χ1v) is 6.98. The highest BCUT2D eigenvalue weighted by Gasteiger charge is 2.09. The molecule has 1 aromatic carbocycles.